The third kappa shape index (κ3) is 3.87. The SMILES string of the molecule is Cc1cccc2c1OCC(NC(=O)N(C)CCC(=O)O)C2. The van der Waals surface area contributed by atoms with Crippen molar-refractivity contribution >= 4 is 12.0 Å². The lowest BCUT2D eigenvalue weighted by molar-refractivity contribution is -0.137. The summed E-state index contributed by atoms with van der Waals surface area (Å²) in [5, 5.41) is 11.5. The number of nitrogens with one attached hydrogen (secondary N) is 1. The van der Waals surface area contributed by atoms with Crippen LogP contribution in [-0.2, 0) is 11.2 Å². The van der Waals surface area contributed by atoms with Gasteiger partial charge in [-0.2, -0.15) is 0 Å². The second-order valence-corrected chi connectivity index (χ2v) is 5.29. The monoisotopic (exact) mass is 292 g/mol. The molecule has 21 heavy (non-hydrogen) atoms. The van der Waals surface area contributed by atoms with Crippen LogP contribution in [0.25, 0.3) is 0 Å². The van der Waals surface area contributed by atoms with Gasteiger partial charge in [0.1, 0.15) is 12.4 Å². The average molecular weight is 292 g/mol. The second kappa shape index (κ2) is 6.47. The minimum absolute atomic E-state index is 0.0624. The first-order valence-corrected chi connectivity index (χ1v) is 6.92. The molecule has 114 valence electrons. The van der Waals surface area contributed by atoms with Crippen LogP contribution < -0.4 is 10.1 Å². The molecule has 1 atom stereocenters. The van der Waals surface area contributed by atoms with E-state index >= 15 is 0 Å². The highest BCUT2D eigenvalue weighted by molar-refractivity contribution is 5.75. The zero-order chi connectivity index (χ0) is 15.4. The van der Waals surface area contributed by atoms with Crippen molar-refractivity contribution in [3.05, 3.63) is 29.3 Å². The highest BCUT2D eigenvalue weighted by atomic mass is 16.5. The summed E-state index contributed by atoms with van der Waals surface area (Å²) in [4.78, 5) is 23.9. The molecule has 1 heterocycles. The number of rotatable bonds is 4. The summed E-state index contributed by atoms with van der Waals surface area (Å²) in [6.45, 7) is 2.61. The Kier molecular flexibility index (Phi) is 4.67. The van der Waals surface area contributed by atoms with Crippen LogP contribution in [0.15, 0.2) is 18.2 Å². The number of aryl methyl sites for hydroxylation is 1. The zero-order valence-corrected chi connectivity index (χ0v) is 12.3. The van der Waals surface area contributed by atoms with Gasteiger partial charge in [0.25, 0.3) is 0 Å². The number of hydrogen-bond donors (Lipinski definition) is 2. The van der Waals surface area contributed by atoms with Gasteiger partial charge < -0.3 is 20.1 Å². The minimum atomic E-state index is -0.917. The van der Waals surface area contributed by atoms with Gasteiger partial charge in [-0.15, -0.1) is 0 Å². The van der Waals surface area contributed by atoms with Gasteiger partial charge in [-0.3, -0.25) is 4.79 Å². The molecule has 0 saturated carbocycles. The fraction of sp³-hybridized carbons (Fsp3) is 0.467. The molecule has 1 aromatic rings. The standard InChI is InChI=1S/C15H20N2O4/c1-10-4-3-5-11-8-12(9-21-14(10)11)16-15(20)17(2)7-6-13(18)19/h3-5,12H,6-9H2,1-2H3,(H,16,20)(H,18,19). The summed E-state index contributed by atoms with van der Waals surface area (Å²) in [5.74, 6) is -0.0118. The number of amides is 2. The third-order valence-electron chi connectivity index (χ3n) is 3.52. The normalized spacial score (nSPS) is 16.6. The maximum Gasteiger partial charge on any atom is 0.317 e. The van der Waals surface area contributed by atoms with Crippen molar-refractivity contribution in [3.63, 3.8) is 0 Å². The van der Waals surface area contributed by atoms with E-state index in [0.29, 0.717) is 6.61 Å². The van der Waals surface area contributed by atoms with E-state index in [9.17, 15) is 9.59 Å². The molecule has 1 aliphatic heterocycles. The summed E-state index contributed by atoms with van der Waals surface area (Å²) in [6.07, 6.45) is 0.655. The number of benzene rings is 1. The predicted molar refractivity (Wildman–Crippen MR) is 77.6 cm³/mol. The smallest absolute Gasteiger partial charge is 0.317 e. The number of para-hydroxylation sites is 1. The van der Waals surface area contributed by atoms with E-state index in [-0.39, 0.29) is 25.0 Å². The average Bonchev–Trinajstić information content (AvgIpc) is 2.44. The third-order valence-corrected chi connectivity index (χ3v) is 3.52. The molecular weight excluding hydrogens is 272 g/mol. The van der Waals surface area contributed by atoms with E-state index in [2.05, 4.69) is 5.32 Å². The molecule has 2 amide bonds. The van der Waals surface area contributed by atoms with Crippen LogP contribution in [0.4, 0.5) is 4.79 Å². The highest BCUT2D eigenvalue weighted by Gasteiger charge is 2.23. The molecular formula is C15H20N2O4. The molecule has 2 rings (SSSR count). The number of carboxylic acid groups (broad SMARTS) is 1. The Balaban J connectivity index is 1.90. The van der Waals surface area contributed by atoms with Gasteiger partial charge in [-0.1, -0.05) is 18.2 Å². The van der Waals surface area contributed by atoms with Gasteiger partial charge in [0.05, 0.1) is 12.5 Å². The molecule has 0 saturated heterocycles. The lowest BCUT2D eigenvalue weighted by atomic mass is 10.00. The number of carboxylic acids is 1. The number of carbonyl (C=O) groups excluding carboxylic acids is 1. The predicted octanol–water partition coefficient (Wildman–Crippen LogP) is 1.41. The van der Waals surface area contributed by atoms with E-state index in [0.717, 1.165) is 23.3 Å². The van der Waals surface area contributed by atoms with Gasteiger partial charge in [-0.25, -0.2) is 4.79 Å². The molecule has 0 aromatic heterocycles. The fourth-order valence-corrected chi connectivity index (χ4v) is 2.33. The van der Waals surface area contributed by atoms with Gasteiger partial charge in [0.2, 0.25) is 0 Å². The van der Waals surface area contributed by atoms with Crippen molar-refractivity contribution in [1.82, 2.24) is 10.2 Å². The zero-order valence-electron chi connectivity index (χ0n) is 12.3. The van der Waals surface area contributed by atoms with Crippen molar-refractivity contribution in [3.8, 4) is 5.75 Å². The first kappa shape index (κ1) is 15.2. The second-order valence-electron chi connectivity index (χ2n) is 5.29. The van der Waals surface area contributed by atoms with Gasteiger partial charge in [-0.05, 0) is 24.5 Å². The molecule has 1 aliphatic rings. The van der Waals surface area contributed by atoms with Crippen LogP contribution in [-0.4, -0.2) is 48.2 Å². The maximum atomic E-state index is 12.0. The van der Waals surface area contributed by atoms with Crippen molar-refractivity contribution in [2.45, 2.75) is 25.8 Å². The highest BCUT2D eigenvalue weighted by Crippen LogP contribution is 2.28. The number of fused-ring (bicyclic) bond motifs is 1. The fourth-order valence-electron chi connectivity index (χ4n) is 2.33. The van der Waals surface area contributed by atoms with Gasteiger partial charge >= 0.3 is 12.0 Å². The molecule has 0 bridgehead atoms. The largest absolute Gasteiger partial charge is 0.491 e. The Morgan fingerprint density at radius 2 is 2.24 bits per heavy atom. The first-order chi connectivity index (χ1) is 9.97. The van der Waals surface area contributed by atoms with E-state index in [4.69, 9.17) is 9.84 Å². The lowest BCUT2D eigenvalue weighted by Gasteiger charge is -2.28. The number of aliphatic carboxylic acids is 1. The molecule has 1 aromatic carbocycles. The van der Waals surface area contributed by atoms with Crippen molar-refractivity contribution in [2.24, 2.45) is 0 Å². The molecule has 1 unspecified atom stereocenters. The quantitative estimate of drug-likeness (QED) is 0.879. The summed E-state index contributed by atoms with van der Waals surface area (Å²) >= 11 is 0. The van der Waals surface area contributed by atoms with E-state index in [1.165, 1.54) is 4.90 Å². The maximum absolute atomic E-state index is 12.0. The molecule has 6 nitrogen and oxygen atoms in total. The number of urea groups is 1. The van der Waals surface area contributed by atoms with Crippen LogP contribution in [0, 0.1) is 6.92 Å². The Morgan fingerprint density at radius 1 is 1.48 bits per heavy atom. The van der Waals surface area contributed by atoms with E-state index < -0.39 is 5.97 Å². The first-order valence-electron chi connectivity index (χ1n) is 6.92. The van der Waals surface area contributed by atoms with Crippen LogP contribution in [0.5, 0.6) is 5.75 Å². The van der Waals surface area contributed by atoms with Crippen molar-refractivity contribution in [1.29, 1.82) is 0 Å². The summed E-state index contributed by atoms with van der Waals surface area (Å²) < 4.78 is 5.72. The van der Waals surface area contributed by atoms with Gasteiger partial charge in [0.15, 0.2) is 0 Å². The molecule has 2 N–H and O–H groups in total. The van der Waals surface area contributed by atoms with Crippen LogP contribution in [0.3, 0.4) is 0 Å². The number of hydrogen-bond acceptors (Lipinski definition) is 3. The summed E-state index contributed by atoms with van der Waals surface area (Å²) in [7, 11) is 1.58. The molecule has 6 heteroatoms. The summed E-state index contributed by atoms with van der Waals surface area (Å²) in [6, 6.07) is 5.59. The molecule has 0 fully saturated rings. The van der Waals surface area contributed by atoms with Crippen LogP contribution in [0.1, 0.15) is 17.5 Å². The minimum Gasteiger partial charge on any atom is -0.491 e. The number of ether oxygens (including phenoxy) is 1. The van der Waals surface area contributed by atoms with Crippen LogP contribution in [0.2, 0.25) is 0 Å². The van der Waals surface area contributed by atoms with E-state index in [1.54, 1.807) is 7.05 Å². The summed E-state index contributed by atoms with van der Waals surface area (Å²) in [5.41, 5.74) is 2.18. The Labute approximate surface area is 123 Å². The van der Waals surface area contributed by atoms with Crippen molar-refractivity contribution in [2.75, 3.05) is 20.2 Å². The Morgan fingerprint density at radius 3 is 2.95 bits per heavy atom. The molecule has 0 aliphatic carbocycles. The number of carbonyl (C=O) groups is 2. The molecule has 0 spiro atoms. The lowest BCUT2D eigenvalue weighted by Crippen LogP contribution is -2.48. The Bertz CT molecular complexity index is 544. The van der Waals surface area contributed by atoms with Gasteiger partial charge in [0, 0.05) is 13.6 Å². The topological polar surface area (TPSA) is 78.9 Å². The Hall–Kier alpha value is -2.24. The number of nitrogens with zero attached hydrogens (tertiary/aromatic N) is 1. The van der Waals surface area contributed by atoms with Crippen molar-refractivity contribution < 1.29 is 19.4 Å². The van der Waals surface area contributed by atoms with Crippen LogP contribution >= 0.6 is 0 Å². The van der Waals surface area contributed by atoms with E-state index in [1.807, 2.05) is 25.1 Å². The molecule has 0 radical (unpaired) electrons.